The highest BCUT2D eigenvalue weighted by Crippen LogP contribution is 2.16. The summed E-state index contributed by atoms with van der Waals surface area (Å²) in [6.45, 7) is 4.42. The summed E-state index contributed by atoms with van der Waals surface area (Å²) in [5, 5.41) is 0. The van der Waals surface area contributed by atoms with Crippen LogP contribution in [0.3, 0.4) is 0 Å². The Morgan fingerprint density at radius 1 is 1.36 bits per heavy atom. The van der Waals surface area contributed by atoms with Gasteiger partial charge in [0, 0.05) is 5.88 Å². The molecule has 1 heteroatoms. The lowest BCUT2D eigenvalue weighted by Crippen LogP contribution is -1.86. The minimum absolute atomic E-state index is 0.594. The van der Waals surface area contributed by atoms with Gasteiger partial charge in [-0.2, -0.15) is 0 Å². The van der Waals surface area contributed by atoms with Gasteiger partial charge in [0.1, 0.15) is 0 Å². The number of hydrogen-bond acceptors (Lipinski definition) is 0. The lowest BCUT2D eigenvalue weighted by molar-refractivity contribution is 0.866. The highest BCUT2D eigenvalue weighted by atomic mass is 35.5. The second kappa shape index (κ2) is 5.87. The van der Waals surface area contributed by atoms with Crippen molar-refractivity contribution in [2.45, 2.75) is 26.2 Å². The average molecular weight is 209 g/mol. The monoisotopic (exact) mass is 208 g/mol. The molecule has 14 heavy (non-hydrogen) atoms. The number of rotatable bonds is 4. The van der Waals surface area contributed by atoms with E-state index in [1.54, 1.807) is 0 Å². The average Bonchev–Trinajstić information content (AvgIpc) is 2.19. The second-order valence-corrected chi connectivity index (χ2v) is 4.08. The molecule has 0 bridgehead atoms. The number of hydrogen-bond donors (Lipinski definition) is 0. The molecule has 0 aliphatic carbocycles. The summed E-state index contributed by atoms with van der Waals surface area (Å²) < 4.78 is 0. The Kier molecular flexibility index (Phi) is 4.75. The van der Waals surface area contributed by atoms with E-state index in [-0.39, 0.29) is 0 Å². The van der Waals surface area contributed by atoms with Crippen molar-refractivity contribution in [3.05, 3.63) is 41.5 Å². The fourth-order valence-electron chi connectivity index (χ4n) is 1.30. The molecule has 1 aromatic carbocycles. The Morgan fingerprint density at radius 2 is 2.14 bits per heavy atom. The molecule has 0 aliphatic rings. The number of alkyl halides is 1. The van der Waals surface area contributed by atoms with Crippen LogP contribution in [0.1, 0.15) is 37.3 Å². The molecule has 0 unspecified atom stereocenters. The lowest BCUT2D eigenvalue weighted by Gasteiger charge is -2.05. The van der Waals surface area contributed by atoms with Crippen LogP contribution in [-0.2, 0) is 0 Å². The summed E-state index contributed by atoms with van der Waals surface area (Å²) in [5.41, 5.74) is 2.65. The fraction of sp³-hybridized carbons (Fsp3) is 0.385. The first-order valence-electron chi connectivity index (χ1n) is 5.06. The van der Waals surface area contributed by atoms with Crippen LogP contribution in [0.25, 0.3) is 6.08 Å². The predicted octanol–water partition coefficient (Wildman–Crippen LogP) is 4.45. The van der Waals surface area contributed by atoms with Gasteiger partial charge in [0.05, 0.1) is 0 Å². The van der Waals surface area contributed by atoms with Gasteiger partial charge in [-0.15, -0.1) is 11.6 Å². The SMILES string of the molecule is CC(C)c1cccc(C=CCCCl)c1. The quantitative estimate of drug-likeness (QED) is 0.642. The van der Waals surface area contributed by atoms with Gasteiger partial charge in [-0.05, 0) is 23.5 Å². The fourth-order valence-corrected chi connectivity index (χ4v) is 1.43. The molecule has 1 aromatic rings. The van der Waals surface area contributed by atoms with Crippen LogP contribution in [0.15, 0.2) is 30.3 Å². The van der Waals surface area contributed by atoms with Crippen LogP contribution in [0, 0.1) is 0 Å². The smallest absolute Gasteiger partial charge is 0.0258 e. The highest BCUT2D eigenvalue weighted by Gasteiger charge is 1.97. The first-order valence-corrected chi connectivity index (χ1v) is 5.60. The van der Waals surface area contributed by atoms with Crippen molar-refractivity contribution in [3.8, 4) is 0 Å². The van der Waals surface area contributed by atoms with E-state index in [4.69, 9.17) is 11.6 Å². The van der Waals surface area contributed by atoms with Crippen LogP contribution < -0.4 is 0 Å². The van der Waals surface area contributed by atoms with E-state index in [0.29, 0.717) is 11.8 Å². The second-order valence-electron chi connectivity index (χ2n) is 3.70. The number of benzene rings is 1. The Balaban J connectivity index is 2.73. The maximum absolute atomic E-state index is 5.60. The minimum atomic E-state index is 0.594. The van der Waals surface area contributed by atoms with Gasteiger partial charge < -0.3 is 0 Å². The highest BCUT2D eigenvalue weighted by molar-refractivity contribution is 6.17. The molecule has 0 atom stereocenters. The first-order chi connectivity index (χ1) is 6.74. The van der Waals surface area contributed by atoms with E-state index in [1.807, 2.05) is 0 Å². The van der Waals surface area contributed by atoms with Crippen molar-refractivity contribution >= 4 is 17.7 Å². The van der Waals surface area contributed by atoms with Gasteiger partial charge in [0.25, 0.3) is 0 Å². The Bertz CT molecular complexity index is 300. The number of halogens is 1. The molecule has 0 saturated carbocycles. The maximum Gasteiger partial charge on any atom is 0.0258 e. The van der Waals surface area contributed by atoms with Gasteiger partial charge in [0.2, 0.25) is 0 Å². The molecule has 0 amide bonds. The summed E-state index contributed by atoms with van der Waals surface area (Å²) in [6.07, 6.45) is 5.19. The van der Waals surface area contributed by atoms with Gasteiger partial charge in [-0.3, -0.25) is 0 Å². The van der Waals surface area contributed by atoms with Crippen LogP contribution >= 0.6 is 11.6 Å². The van der Waals surface area contributed by atoms with E-state index >= 15 is 0 Å². The standard InChI is InChI=1S/C13H17Cl/c1-11(2)13-8-5-7-12(10-13)6-3-4-9-14/h3,5-8,10-11H,4,9H2,1-2H3. The zero-order valence-electron chi connectivity index (χ0n) is 8.83. The summed E-state index contributed by atoms with van der Waals surface area (Å²) >= 11 is 5.60. The molecule has 0 N–H and O–H groups in total. The molecule has 0 spiro atoms. The van der Waals surface area contributed by atoms with E-state index in [0.717, 1.165) is 6.42 Å². The van der Waals surface area contributed by atoms with Gasteiger partial charge in [-0.25, -0.2) is 0 Å². The summed E-state index contributed by atoms with van der Waals surface area (Å²) in [7, 11) is 0. The van der Waals surface area contributed by atoms with Gasteiger partial charge in [-0.1, -0.05) is 50.3 Å². The molecule has 0 fully saturated rings. The molecule has 0 radical (unpaired) electrons. The van der Waals surface area contributed by atoms with E-state index in [2.05, 4.69) is 50.3 Å². The van der Waals surface area contributed by atoms with Gasteiger partial charge >= 0.3 is 0 Å². The Morgan fingerprint density at radius 3 is 2.79 bits per heavy atom. The van der Waals surface area contributed by atoms with Crippen molar-refractivity contribution in [2.75, 3.05) is 5.88 Å². The molecule has 76 valence electrons. The zero-order chi connectivity index (χ0) is 10.4. The largest absolute Gasteiger partial charge is 0.126 e. The van der Waals surface area contributed by atoms with Gasteiger partial charge in [0.15, 0.2) is 0 Å². The lowest BCUT2D eigenvalue weighted by atomic mass is 10.0. The molecule has 0 saturated heterocycles. The third-order valence-corrected chi connectivity index (χ3v) is 2.38. The molecule has 1 rings (SSSR count). The first kappa shape index (κ1) is 11.3. The Labute approximate surface area is 91.6 Å². The summed E-state index contributed by atoms with van der Waals surface area (Å²) in [6, 6.07) is 8.63. The summed E-state index contributed by atoms with van der Waals surface area (Å²) in [5.74, 6) is 1.29. The van der Waals surface area contributed by atoms with Crippen LogP contribution in [0.4, 0.5) is 0 Å². The summed E-state index contributed by atoms with van der Waals surface area (Å²) in [4.78, 5) is 0. The zero-order valence-corrected chi connectivity index (χ0v) is 9.59. The molecule has 0 heterocycles. The van der Waals surface area contributed by atoms with Crippen molar-refractivity contribution in [2.24, 2.45) is 0 Å². The molecule has 0 aromatic heterocycles. The van der Waals surface area contributed by atoms with Crippen molar-refractivity contribution < 1.29 is 0 Å². The van der Waals surface area contributed by atoms with E-state index in [9.17, 15) is 0 Å². The topological polar surface area (TPSA) is 0 Å². The van der Waals surface area contributed by atoms with Crippen molar-refractivity contribution in [1.82, 2.24) is 0 Å². The third-order valence-electron chi connectivity index (χ3n) is 2.16. The predicted molar refractivity (Wildman–Crippen MR) is 64.9 cm³/mol. The number of allylic oxidation sites excluding steroid dienone is 1. The maximum atomic E-state index is 5.60. The van der Waals surface area contributed by atoms with E-state index < -0.39 is 0 Å². The van der Waals surface area contributed by atoms with Crippen molar-refractivity contribution in [1.29, 1.82) is 0 Å². The Hall–Kier alpha value is -0.750. The van der Waals surface area contributed by atoms with Crippen molar-refractivity contribution in [3.63, 3.8) is 0 Å². The van der Waals surface area contributed by atoms with Crippen LogP contribution in [0.2, 0.25) is 0 Å². The normalized spacial score (nSPS) is 11.4. The van der Waals surface area contributed by atoms with E-state index in [1.165, 1.54) is 11.1 Å². The molecular formula is C13H17Cl. The molecule has 0 nitrogen and oxygen atoms in total. The van der Waals surface area contributed by atoms with Crippen LogP contribution in [0.5, 0.6) is 0 Å². The minimum Gasteiger partial charge on any atom is -0.126 e. The van der Waals surface area contributed by atoms with Crippen LogP contribution in [-0.4, -0.2) is 5.88 Å². The molecule has 0 aliphatic heterocycles. The molecular weight excluding hydrogens is 192 g/mol. The third kappa shape index (κ3) is 3.55.